The largest absolute Gasteiger partial charge is 0.385 e. The van der Waals surface area contributed by atoms with Gasteiger partial charge in [-0.25, -0.2) is 0 Å². The highest BCUT2D eigenvalue weighted by Crippen LogP contribution is 2.19. The normalized spacial score (nSPS) is 11.6. The lowest BCUT2D eigenvalue weighted by atomic mass is 9.92. The van der Waals surface area contributed by atoms with Gasteiger partial charge in [-0.2, -0.15) is 0 Å². The van der Waals surface area contributed by atoms with E-state index in [2.05, 4.69) is 50.4 Å². The second-order valence-corrected chi connectivity index (χ2v) is 5.98. The van der Waals surface area contributed by atoms with Crippen molar-refractivity contribution in [3.05, 3.63) is 29.8 Å². The summed E-state index contributed by atoms with van der Waals surface area (Å²) in [4.78, 5) is 0. The molecule has 0 spiro atoms. The van der Waals surface area contributed by atoms with Gasteiger partial charge in [0, 0.05) is 19.3 Å². The lowest BCUT2D eigenvalue weighted by molar-refractivity contribution is 0.0617. The maximum atomic E-state index is 5.52. The van der Waals surface area contributed by atoms with E-state index in [1.807, 2.05) is 0 Å². The van der Waals surface area contributed by atoms with E-state index in [1.165, 1.54) is 5.56 Å². The Hall–Kier alpha value is -1.06. The summed E-state index contributed by atoms with van der Waals surface area (Å²) in [5, 5.41) is 3.46. The molecule has 0 radical (unpaired) electrons. The number of hydrogen-bond donors (Lipinski definition) is 1. The highest BCUT2D eigenvalue weighted by molar-refractivity contribution is 5.45. The minimum Gasteiger partial charge on any atom is -0.385 e. The van der Waals surface area contributed by atoms with Crippen LogP contribution in [-0.2, 0) is 16.1 Å². The average Bonchev–Trinajstić information content (AvgIpc) is 2.34. The van der Waals surface area contributed by atoms with Gasteiger partial charge in [0.2, 0.25) is 0 Å². The molecule has 1 aromatic carbocycles. The van der Waals surface area contributed by atoms with Crippen LogP contribution in [0.2, 0.25) is 0 Å². The lowest BCUT2D eigenvalue weighted by Gasteiger charge is -2.18. The number of rotatable bonds is 8. The van der Waals surface area contributed by atoms with E-state index >= 15 is 0 Å². The number of ether oxygens (including phenoxy) is 2. The Morgan fingerprint density at radius 1 is 1.16 bits per heavy atom. The van der Waals surface area contributed by atoms with Crippen molar-refractivity contribution in [1.82, 2.24) is 0 Å². The van der Waals surface area contributed by atoms with E-state index in [0.29, 0.717) is 25.2 Å². The summed E-state index contributed by atoms with van der Waals surface area (Å²) in [5.41, 5.74) is 2.72. The molecule has 0 aliphatic carbocycles. The lowest BCUT2D eigenvalue weighted by Crippen LogP contribution is -2.12. The molecule has 0 aliphatic rings. The monoisotopic (exact) mass is 265 g/mol. The average molecular weight is 265 g/mol. The van der Waals surface area contributed by atoms with Crippen molar-refractivity contribution in [3.8, 4) is 0 Å². The fourth-order valence-corrected chi connectivity index (χ4v) is 1.69. The van der Waals surface area contributed by atoms with Crippen LogP contribution >= 0.6 is 0 Å². The molecule has 1 aromatic rings. The van der Waals surface area contributed by atoms with Crippen LogP contribution in [0.1, 0.15) is 32.8 Å². The fourth-order valence-electron chi connectivity index (χ4n) is 1.69. The molecule has 1 rings (SSSR count). The Labute approximate surface area is 117 Å². The number of methoxy groups -OCH3 is 1. The molecular weight excluding hydrogens is 238 g/mol. The van der Waals surface area contributed by atoms with Crippen LogP contribution in [0.5, 0.6) is 0 Å². The highest BCUT2D eigenvalue weighted by atomic mass is 16.5. The van der Waals surface area contributed by atoms with Crippen LogP contribution in [0.15, 0.2) is 24.3 Å². The summed E-state index contributed by atoms with van der Waals surface area (Å²) in [5.74, 6) is 0. The van der Waals surface area contributed by atoms with Gasteiger partial charge in [0.15, 0.2) is 0 Å². The fraction of sp³-hybridized carbons (Fsp3) is 0.625. The first-order valence-corrected chi connectivity index (χ1v) is 6.91. The van der Waals surface area contributed by atoms with E-state index < -0.39 is 0 Å². The maximum absolute atomic E-state index is 5.52. The third-order valence-electron chi connectivity index (χ3n) is 2.83. The number of nitrogens with one attached hydrogen (secondary N) is 1. The molecule has 0 unspecified atom stereocenters. The van der Waals surface area contributed by atoms with Crippen molar-refractivity contribution in [2.45, 2.75) is 33.8 Å². The molecular formula is C16H27NO2. The summed E-state index contributed by atoms with van der Waals surface area (Å²) in [7, 11) is 1.68. The molecule has 0 heterocycles. The van der Waals surface area contributed by atoms with E-state index in [1.54, 1.807) is 7.11 Å². The zero-order valence-electron chi connectivity index (χ0n) is 12.7. The predicted octanol–water partition coefficient (Wildman–Crippen LogP) is 3.70. The van der Waals surface area contributed by atoms with Crippen LogP contribution in [-0.4, -0.2) is 26.9 Å². The van der Waals surface area contributed by atoms with Crippen LogP contribution in [0.4, 0.5) is 5.69 Å². The highest BCUT2D eigenvalue weighted by Gasteiger charge is 2.08. The molecule has 0 saturated carbocycles. The summed E-state index contributed by atoms with van der Waals surface area (Å²) in [6.45, 7) is 9.69. The summed E-state index contributed by atoms with van der Waals surface area (Å²) < 4.78 is 10.5. The van der Waals surface area contributed by atoms with Gasteiger partial charge in [-0.1, -0.05) is 32.9 Å². The molecule has 0 aromatic heterocycles. The van der Waals surface area contributed by atoms with E-state index in [9.17, 15) is 0 Å². The first-order valence-electron chi connectivity index (χ1n) is 6.91. The molecule has 1 N–H and O–H groups in total. The van der Waals surface area contributed by atoms with Crippen LogP contribution in [0, 0.1) is 5.41 Å². The summed E-state index contributed by atoms with van der Waals surface area (Å²) in [6, 6.07) is 8.40. The second kappa shape index (κ2) is 8.18. The third kappa shape index (κ3) is 7.85. The van der Waals surface area contributed by atoms with Crippen LogP contribution in [0.3, 0.4) is 0 Å². The number of anilines is 1. The first kappa shape index (κ1) is 16.0. The standard InChI is InChI=1S/C16H27NO2/c1-16(2,3)8-9-17-15-7-5-6-14(12-15)13-19-11-10-18-4/h5-7,12,17H,8-11,13H2,1-4H3. The summed E-state index contributed by atoms with van der Waals surface area (Å²) in [6.07, 6.45) is 1.15. The Morgan fingerprint density at radius 3 is 2.63 bits per heavy atom. The van der Waals surface area contributed by atoms with Gasteiger partial charge in [0.05, 0.1) is 19.8 Å². The predicted molar refractivity (Wildman–Crippen MR) is 80.5 cm³/mol. The molecule has 0 amide bonds. The van der Waals surface area contributed by atoms with Gasteiger partial charge in [0.25, 0.3) is 0 Å². The first-order chi connectivity index (χ1) is 9.01. The number of hydrogen-bond acceptors (Lipinski definition) is 3. The topological polar surface area (TPSA) is 30.5 Å². The minimum atomic E-state index is 0.369. The zero-order chi connectivity index (χ0) is 14.1. The maximum Gasteiger partial charge on any atom is 0.0718 e. The van der Waals surface area contributed by atoms with Gasteiger partial charge >= 0.3 is 0 Å². The molecule has 0 atom stereocenters. The van der Waals surface area contributed by atoms with Crippen molar-refractivity contribution < 1.29 is 9.47 Å². The van der Waals surface area contributed by atoms with Gasteiger partial charge in [0.1, 0.15) is 0 Å². The molecule has 3 heteroatoms. The van der Waals surface area contributed by atoms with Crippen molar-refractivity contribution in [2.24, 2.45) is 5.41 Å². The van der Waals surface area contributed by atoms with Crippen molar-refractivity contribution in [2.75, 3.05) is 32.2 Å². The Bertz CT molecular complexity index is 358. The summed E-state index contributed by atoms with van der Waals surface area (Å²) >= 11 is 0. The van der Waals surface area contributed by atoms with E-state index in [4.69, 9.17) is 9.47 Å². The Morgan fingerprint density at radius 2 is 1.95 bits per heavy atom. The van der Waals surface area contributed by atoms with Crippen molar-refractivity contribution in [1.29, 1.82) is 0 Å². The molecule has 0 saturated heterocycles. The third-order valence-corrected chi connectivity index (χ3v) is 2.83. The quantitative estimate of drug-likeness (QED) is 0.727. The Balaban J connectivity index is 2.35. The molecule has 3 nitrogen and oxygen atoms in total. The van der Waals surface area contributed by atoms with Gasteiger partial charge < -0.3 is 14.8 Å². The Kier molecular flexibility index (Phi) is 6.89. The molecule has 0 aliphatic heterocycles. The molecule has 108 valence electrons. The van der Waals surface area contributed by atoms with Crippen LogP contribution in [0.25, 0.3) is 0 Å². The number of benzene rings is 1. The molecule has 0 bridgehead atoms. The van der Waals surface area contributed by atoms with Crippen molar-refractivity contribution in [3.63, 3.8) is 0 Å². The van der Waals surface area contributed by atoms with E-state index in [0.717, 1.165) is 18.7 Å². The van der Waals surface area contributed by atoms with Gasteiger partial charge in [-0.15, -0.1) is 0 Å². The van der Waals surface area contributed by atoms with Gasteiger partial charge in [-0.05, 0) is 29.5 Å². The van der Waals surface area contributed by atoms with E-state index in [-0.39, 0.29) is 0 Å². The SMILES string of the molecule is COCCOCc1cccc(NCCC(C)(C)C)c1. The minimum absolute atomic E-state index is 0.369. The smallest absolute Gasteiger partial charge is 0.0718 e. The van der Waals surface area contributed by atoms with Crippen LogP contribution < -0.4 is 5.32 Å². The second-order valence-electron chi connectivity index (χ2n) is 5.98. The van der Waals surface area contributed by atoms with Gasteiger partial charge in [-0.3, -0.25) is 0 Å². The van der Waals surface area contributed by atoms with Crippen molar-refractivity contribution >= 4 is 5.69 Å². The molecule has 19 heavy (non-hydrogen) atoms. The zero-order valence-corrected chi connectivity index (χ0v) is 12.7. The molecule has 0 fully saturated rings.